The van der Waals surface area contributed by atoms with Gasteiger partial charge in [-0.15, -0.1) is 0 Å². The topological polar surface area (TPSA) is 69.4 Å². The number of nitro benzene ring substituents is 1. The molecule has 1 aromatic rings. The van der Waals surface area contributed by atoms with Crippen LogP contribution >= 0.6 is 0 Å². The van der Waals surface area contributed by atoms with Gasteiger partial charge in [0.2, 0.25) is 0 Å². The Bertz CT molecular complexity index is 634. The maximum Gasteiger partial charge on any atom is 0.269 e. The standard InChI is InChI=1S/C20H27NO4/c1-3-4-5-6-7-8-16-9-14-19(22)20(16)15(2)25-18-12-10-17(11-13-18)21(23)24/h10-13,16H,3-9,14H2,1-2H3/b20-15+. The third-order valence-corrected chi connectivity index (χ3v) is 4.78. The third-order valence-electron chi connectivity index (χ3n) is 4.78. The summed E-state index contributed by atoms with van der Waals surface area (Å²) in [7, 11) is 0. The van der Waals surface area contributed by atoms with Crippen LogP contribution in [-0.2, 0) is 4.79 Å². The molecule has 5 heteroatoms. The molecule has 25 heavy (non-hydrogen) atoms. The molecule has 0 saturated heterocycles. The highest BCUT2D eigenvalue weighted by Gasteiger charge is 2.30. The number of non-ortho nitro benzene ring substituents is 1. The number of hydrogen-bond donors (Lipinski definition) is 0. The molecule has 0 heterocycles. The lowest BCUT2D eigenvalue weighted by atomic mass is 9.94. The Kier molecular flexibility index (Phi) is 7.16. The Morgan fingerprint density at radius 1 is 1.20 bits per heavy atom. The molecule has 0 aromatic heterocycles. The summed E-state index contributed by atoms with van der Waals surface area (Å²) in [6.07, 6.45) is 8.66. The van der Waals surface area contributed by atoms with Crippen LogP contribution in [0.25, 0.3) is 0 Å². The van der Waals surface area contributed by atoms with Gasteiger partial charge in [0.15, 0.2) is 5.78 Å². The monoisotopic (exact) mass is 345 g/mol. The average Bonchev–Trinajstić information content (AvgIpc) is 2.96. The van der Waals surface area contributed by atoms with E-state index in [1.807, 2.05) is 6.92 Å². The van der Waals surface area contributed by atoms with Crippen molar-refractivity contribution in [3.63, 3.8) is 0 Å². The highest BCUT2D eigenvalue weighted by Crippen LogP contribution is 2.35. The van der Waals surface area contributed by atoms with E-state index in [9.17, 15) is 14.9 Å². The minimum atomic E-state index is -0.440. The fraction of sp³-hybridized carbons (Fsp3) is 0.550. The summed E-state index contributed by atoms with van der Waals surface area (Å²) in [6, 6.07) is 5.96. The van der Waals surface area contributed by atoms with Crippen molar-refractivity contribution >= 4 is 11.5 Å². The molecule has 0 aliphatic heterocycles. The number of unbranched alkanes of at least 4 members (excludes halogenated alkanes) is 4. The first-order valence-corrected chi connectivity index (χ1v) is 9.19. The van der Waals surface area contributed by atoms with E-state index in [4.69, 9.17) is 4.74 Å². The molecular formula is C20H27NO4. The van der Waals surface area contributed by atoms with Gasteiger partial charge in [0.25, 0.3) is 5.69 Å². The van der Waals surface area contributed by atoms with Gasteiger partial charge >= 0.3 is 0 Å². The molecule has 5 nitrogen and oxygen atoms in total. The van der Waals surface area contributed by atoms with E-state index in [1.54, 1.807) is 12.1 Å². The number of nitrogens with zero attached hydrogens (tertiary/aromatic N) is 1. The van der Waals surface area contributed by atoms with Crippen molar-refractivity contribution in [1.29, 1.82) is 0 Å². The van der Waals surface area contributed by atoms with E-state index in [0.717, 1.165) is 24.8 Å². The maximum atomic E-state index is 12.3. The zero-order valence-corrected chi connectivity index (χ0v) is 15.1. The molecule has 1 fully saturated rings. The first kappa shape index (κ1) is 19.2. The van der Waals surface area contributed by atoms with Crippen LogP contribution in [0.3, 0.4) is 0 Å². The van der Waals surface area contributed by atoms with Crippen LogP contribution in [0, 0.1) is 16.0 Å². The Morgan fingerprint density at radius 2 is 1.88 bits per heavy atom. The van der Waals surface area contributed by atoms with Crippen molar-refractivity contribution in [1.82, 2.24) is 0 Å². The molecular weight excluding hydrogens is 318 g/mol. The normalized spacial score (nSPS) is 19.1. The van der Waals surface area contributed by atoms with E-state index in [2.05, 4.69) is 6.92 Å². The Balaban J connectivity index is 2.00. The molecule has 1 aromatic carbocycles. The van der Waals surface area contributed by atoms with Crippen molar-refractivity contribution in [3.05, 3.63) is 45.7 Å². The summed E-state index contributed by atoms with van der Waals surface area (Å²) in [5.74, 6) is 1.62. The summed E-state index contributed by atoms with van der Waals surface area (Å²) in [5.41, 5.74) is 0.841. The number of nitro groups is 1. The van der Waals surface area contributed by atoms with Crippen LogP contribution in [0.2, 0.25) is 0 Å². The lowest BCUT2D eigenvalue weighted by Crippen LogP contribution is -2.08. The SMILES string of the molecule is CCCCCCCC1CCC(=O)/C1=C(\C)Oc1ccc([N+](=O)[O-])cc1. The molecule has 0 N–H and O–H groups in total. The minimum absolute atomic E-state index is 0.0274. The average molecular weight is 345 g/mol. The quantitative estimate of drug-likeness (QED) is 0.192. The molecule has 1 aliphatic rings. The summed E-state index contributed by atoms with van der Waals surface area (Å²) in [4.78, 5) is 22.5. The van der Waals surface area contributed by atoms with E-state index < -0.39 is 4.92 Å². The zero-order valence-electron chi connectivity index (χ0n) is 15.1. The van der Waals surface area contributed by atoms with Crippen molar-refractivity contribution in [2.75, 3.05) is 0 Å². The number of hydrogen-bond acceptors (Lipinski definition) is 4. The minimum Gasteiger partial charge on any atom is -0.462 e. The highest BCUT2D eigenvalue weighted by molar-refractivity contribution is 5.98. The molecule has 1 saturated carbocycles. The van der Waals surface area contributed by atoms with Crippen molar-refractivity contribution < 1.29 is 14.5 Å². The molecule has 0 radical (unpaired) electrons. The van der Waals surface area contributed by atoms with Crippen LogP contribution in [0.4, 0.5) is 5.69 Å². The second-order valence-electron chi connectivity index (χ2n) is 6.68. The van der Waals surface area contributed by atoms with E-state index >= 15 is 0 Å². The zero-order chi connectivity index (χ0) is 18.2. The first-order chi connectivity index (χ1) is 12.0. The fourth-order valence-corrected chi connectivity index (χ4v) is 3.45. The van der Waals surface area contributed by atoms with Gasteiger partial charge in [-0.1, -0.05) is 39.0 Å². The van der Waals surface area contributed by atoms with Gasteiger partial charge in [0.05, 0.1) is 4.92 Å². The molecule has 1 atom stereocenters. The number of allylic oxidation sites excluding steroid dienone is 2. The smallest absolute Gasteiger partial charge is 0.269 e. The molecule has 0 amide bonds. The molecule has 136 valence electrons. The second-order valence-corrected chi connectivity index (χ2v) is 6.68. The molecule has 1 aliphatic carbocycles. The van der Waals surface area contributed by atoms with Crippen LogP contribution in [0.15, 0.2) is 35.6 Å². The van der Waals surface area contributed by atoms with Crippen LogP contribution < -0.4 is 4.74 Å². The summed E-state index contributed by atoms with van der Waals surface area (Å²) < 4.78 is 5.81. The number of carbonyl (C=O) groups excluding carboxylic acids is 1. The summed E-state index contributed by atoms with van der Waals surface area (Å²) >= 11 is 0. The predicted molar refractivity (Wildman–Crippen MR) is 97.5 cm³/mol. The van der Waals surface area contributed by atoms with Crippen LogP contribution in [0.1, 0.15) is 65.2 Å². The van der Waals surface area contributed by atoms with Gasteiger partial charge in [-0.2, -0.15) is 0 Å². The van der Waals surface area contributed by atoms with Crippen LogP contribution in [-0.4, -0.2) is 10.7 Å². The Labute approximate surface area is 149 Å². The third kappa shape index (κ3) is 5.41. The van der Waals surface area contributed by atoms with Gasteiger partial charge in [0.1, 0.15) is 11.5 Å². The van der Waals surface area contributed by atoms with Crippen molar-refractivity contribution in [2.24, 2.45) is 5.92 Å². The number of Topliss-reactive ketones (excluding diaryl/α,β-unsaturated/α-hetero) is 1. The number of carbonyl (C=O) groups is 1. The summed E-state index contributed by atoms with van der Waals surface area (Å²) in [6.45, 7) is 4.03. The lowest BCUT2D eigenvalue weighted by molar-refractivity contribution is -0.384. The van der Waals surface area contributed by atoms with Gasteiger partial charge < -0.3 is 4.74 Å². The van der Waals surface area contributed by atoms with Gasteiger partial charge in [0, 0.05) is 24.1 Å². The number of rotatable bonds is 9. The fourth-order valence-electron chi connectivity index (χ4n) is 3.45. The van der Waals surface area contributed by atoms with Crippen molar-refractivity contribution in [3.8, 4) is 5.75 Å². The van der Waals surface area contributed by atoms with Crippen LogP contribution in [0.5, 0.6) is 5.75 Å². The second kappa shape index (κ2) is 9.35. The Morgan fingerprint density at radius 3 is 2.52 bits per heavy atom. The largest absolute Gasteiger partial charge is 0.462 e. The van der Waals surface area contributed by atoms with Gasteiger partial charge in [-0.3, -0.25) is 14.9 Å². The first-order valence-electron chi connectivity index (χ1n) is 9.19. The predicted octanol–water partition coefficient (Wildman–Crippen LogP) is 5.59. The number of ether oxygens (including phenoxy) is 1. The number of ketones is 1. The van der Waals surface area contributed by atoms with Crippen molar-refractivity contribution in [2.45, 2.75) is 65.2 Å². The maximum absolute atomic E-state index is 12.3. The van der Waals surface area contributed by atoms with E-state index in [0.29, 0.717) is 17.9 Å². The Hall–Kier alpha value is -2.17. The highest BCUT2D eigenvalue weighted by atomic mass is 16.6. The molecule has 2 rings (SSSR count). The van der Waals surface area contributed by atoms with E-state index in [1.165, 1.54) is 37.8 Å². The molecule has 0 bridgehead atoms. The molecule has 0 spiro atoms. The molecule has 1 unspecified atom stereocenters. The van der Waals surface area contributed by atoms with Gasteiger partial charge in [-0.25, -0.2) is 0 Å². The summed E-state index contributed by atoms with van der Waals surface area (Å²) in [5, 5.41) is 10.7. The lowest BCUT2D eigenvalue weighted by Gasteiger charge is -2.15. The van der Waals surface area contributed by atoms with Gasteiger partial charge in [-0.05, 0) is 37.8 Å². The van der Waals surface area contributed by atoms with E-state index in [-0.39, 0.29) is 17.4 Å². The number of benzene rings is 1.